The molecule has 0 unspecified atom stereocenters. The van der Waals surface area contributed by atoms with Crippen molar-refractivity contribution in [3.05, 3.63) is 29.3 Å². The molecule has 1 saturated heterocycles. The van der Waals surface area contributed by atoms with Gasteiger partial charge in [0.2, 0.25) is 5.91 Å². The third-order valence-electron chi connectivity index (χ3n) is 4.21. The summed E-state index contributed by atoms with van der Waals surface area (Å²) in [6.07, 6.45) is 2.87. The van der Waals surface area contributed by atoms with E-state index in [0.29, 0.717) is 18.9 Å². The quantitative estimate of drug-likeness (QED) is 0.852. The van der Waals surface area contributed by atoms with Gasteiger partial charge in [0.25, 0.3) is 0 Å². The molecule has 1 amide bonds. The van der Waals surface area contributed by atoms with E-state index in [1.807, 2.05) is 11.0 Å². The van der Waals surface area contributed by atoms with Crippen molar-refractivity contribution in [2.75, 3.05) is 24.5 Å². The molecule has 3 rings (SSSR count). The van der Waals surface area contributed by atoms with Crippen LogP contribution in [0.2, 0.25) is 0 Å². The number of nitrogens with two attached hydrogens (primary N) is 1. The van der Waals surface area contributed by atoms with Gasteiger partial charge >= 0.3 is 0 Å². The number of hydrogen-bond acceptors (Lipinski definition) is 3. The summed E-state index contributed by atoms with van der Waals surface area (Å²) < 4.78 is 0. The van der Waals surface area contributed by atoms with Gasteiger partial charge in [-0.2, -0.15) is 0 Å². The Kier molecular flexibility index (Phi) is 3.53. The number of carbonyl (C=O) groups is 1. The van der Waals surface area contributed by atoms with Gasteiger partial charge in [-0.3, -0.25) is 4.79 Å². The van der Waals surface area contributed by atoms with E-state index in [1.165, 1.54) is 12.8 Å². The second-order valence-corrected chi connectivity index (χ2v) is 5.54. The lowest BCUT2D eigenvalue weighted by Gasteiger charge is -2.28. The van der Waals surface area contributed by atoms with Crippen LogP contribution in [0, 0.1) is 5.92 Å². The van der Waals surface area contributed by atoms with Crippen molar-refractivity contribution in [2.24, 2.45) is 11.7 Å². The summed E-state index contributed by atoms with van der Waals surface area (Å²) in [5, 5.41) is 3.37. The Morgan fingerprint density at radius 3 is 2.84 bits per heavy atom. The number of carbonyl (C=O) groups excluding carboxylic acids is 1. The second-order valence-electron chi connectivity index (χ2n) is 5.54. The summed E-state index contributed by atoms with van der Waals surface area (Å²) in [6, 6.07) is 6.17. The molecule has 0 radical (unpaired) electrons. The zero-order valence-corrected chi connectivity index (χ0v) is 11.2. The summed E-state index contributed by atoms with van der Waals surface area (Å²) in [7, 11) is 0. The third kappa shape index (κ3) is 2.51. The van der Waals surface area contributed by atoms with Crippen LogP contribution in [0.3, 0.4) is 0 Å². The molecule has 4 nitrogen and oxygen atoms in total. The summed E-state index contributed by atoms with van der Waals surface area (Å²) >= 11 is 0. The van der Waals surface area contributed by atoms with E-state index in [-0.39, 0.29) is 5.91 Å². The number of nitrogens with one attached hydrogen (secondary N) is 1. The van der Waals surface area contributed by atoms with Gasteiger partial charge in [-0.1, -0.05) is 12.1 Å². The molecule has 102 valence electrons. The molecular weight excluding hydrogens is 238 g/mol. The van der Waals surface area contributed by atoms with E-state index in [1.54, 1.807) is 0 Å². The molecule has 1 fully saturated rings. The van der Waals surface area contributed by atoms with Crippen LogP contribution in [0.15, 0.2) is 18.2 Å². The predicted molar refractivity (Wildman–Crippen MR) is 76.0 cm³/mol. The molecule has 0 aromatic heterocycles. The zero-order valence-electron chi connectivity index (χ0n) is 11.2. The van der Waals surface area contributed by atoms with Gasteiger partial charge in [-0.25, -0.2) is 0 Å². The average Bonchev–Trinajstić information content (AvgIpc) is 2.75. The highest BCUT2D eigenvalue weighted by atomic mass is 16.2. The fraction of sp³-hybridized carbons (Fsp3) is 0.533. The predicted octanol–water partition coefficient (Wildman–Crippen LogP) is 1.03. The summed E-state index contributed by atoms with van der Waals surface area (Å²) in [5.74, 6) is 0.869. The standard InChI is InChI=1S/C15H21N3O/c16-9-12-1-2-14-13(7-12)8-15(19)18(14)10-11-3-5-17-6-4-11/h1-2,7,11,17H,3-6,8-10,16H2. The van der Waals surface area contributed by atoms with Gasteiger partial charge in [0.15, 0.2) is 0 Å². The minimum Gasteiger partial charge on any atom is -0.326 e. The molecule has 0 saturated carbocycles. The first-order valence-electron chi connectivity index (χ1n) is 7.11. The van der Waals surface area contributed by atoms with Crippen LogP contribution in [0.4, 0.5) is 5.69 Å². The SMILES string of the molecule is NCc1ccc2c(c1)CC(=O)N2CC1CCNCC1. The monoisotopic (exact) mass is 259 g/mol. The van der Waals surface area contributed by atoms with Crippen molar-refractivity contribution in [2.45, 2.75) is 25.8 Å². The maximum absolute atomic E-state index is 12.2. The highest BCUT2D eigenvalue weighted by Crippen LogP contribution is 2.31. The molecule has 2 heterocycles. The Labute approximate surface area is 114 Å². The van der Waals surface area contributed by atoms with Crippen molar-refractivity contribution in [1.29, 1.82) is 0 Å². The largest absolute Gasteiger partial charge is 0.326 e. The Morgan fingerprint density at radius 2 is 2.11 bits per heavy atom. The molecule has 0 aliphatic carbocycles. The van der Waals surface area contributed by atoms with Crippen LogP contribution in [0.1, 0.15) is 24.0 Å². The van der Waals surface area contributed by atoms with Gasteiger partial charge < -0.3 is 16.0 Å². The molecule has 4 heteroatoms. The highest BCUT2D eigenvalue weighted by Gasteiger charge is 2.29. The van der Waals surface area contributed by atoms with Crippen molar-refractivity contribution < 1.29 is 4.79 Å². The van der Waals surface area contributed by atoms with Crippen molar-refractivity contribution >= 4 is 11.6 Å². The normalized spacial score (nSPS) is 19.8. The number of piperidine rings is 1. The molecule has 1 aromatic carbocycles. The maximum atomic E-state index is 12.2. The molecule has 2 aliphatic rings. The fourth-order valence-electron chi connectivity index (χ4n) is 3.09. The molecule has 3 N–H and O–H groups in total. The van der Waals surface area contributed by atoms with Gasteiger partial charge in [0, 0.05) is 18.8 Å². The van der Waals surface area contributed by atoms with E-state index in [0.717, 1.165) is 36.4 Å². The Morgan fingerprint density at radius 1 is 1.32 bits per heavy atom. The van der Waals surface area contributed by atoms with Crippen LogP contribution in [-0.2, 0) is 17.8 Å². The summed E-state index contributed by atoms with van der Waals surface area (Å²) in [5.41, 5.74) is 9.00. The van der Waals surface area contributed by atoms with E-state index in [2.05, 4.69) is 17.4 Å². The number of hydrogen-bond donors (Lipinski definition) is 2. The number of anilines is 1. The first-order valence-corrected chi connectivity index (χ1v) is 7.11. The van der Waals surface area contributed by atoms with Crippen LogP contribution in [0.25, 0.3) is 0 Å². The maximum Gasteiger partial charge on any atom is 0.231 e. The summed E-state index contributed by atoms with van der Waals surface area (Å²) in [6.45, 7) is 3.56. The Balaban J connectivity index is 1.78. The second kappa shape index (κ2) is 5.31. The van der Waals surface area contributed by atoms with Crippen LogP contribution in [0.5, 0.6) is 0 Å². The van der Waals surface area contributed by atoms with E-state index in [4.69, 9.17) is 5.73 Å². The molecular formula is C15H21N3O. The zero-order chi connectivity index (χ0) is 13.2. The van der Waals surface area contributed by atoms with E-state index < -0.39 is 0 Å². The van der Waals surface area contributed by atoms with Crippen LogP contribution in [-0.4, -0.2) is 25.5 Å². The lowest BCUT2D eigenvalue weighted by molar-refractivity contribution is -0.117. The van der Waals surface area contributed by atoms with Crippen molar-refractivity contribution in [1.82, 2.24) is 5.32 Å². The van der Waals surface area contributed by atoms with Crippen LogP contribution < -0.4 is 16.0 Å². The van der Waals surface area contributed by atoms with Gasteiger partial charge in [-0.05, 0) is 49.0 Å². The Hall–Kier alpha value is -1.39. The number of benzene rings is 1. The molecule has 2 aliphatic heterocycles. The molecule has 0 bridgehead atoms. The van der Waals surface area contributed by atoms with E-state index >= 15 is 0 Å². The van der Waals surface area contributed by atoms with Gasteiger partial charge in [0.1, 0.15) is 0 Å². The number of rotatable bonds is 3. The summed E-state index contributed by atoms with van der Waals surface area (Å²) in [4.78, 5) is 14.2. The Bertz CT molecular complexity index is 480. The first kappa shape index (κ1) is 12.6. The van der Waals surface area contributed by atoms with E-state index in [9.17, 15) is 4.79 Å². The highest BCUT2D eigenvalue weighted by molar-refractivity contribution is 6.01. The van der Waals surface area contributed by atoms with Crippen molar-refractivity contribution in [3.63, 3.8) is 0 Å². The molecule has 0 atom stereocenters. The average molecular weight is 259 g/mol. The minimum absolute atomic E-state index is 0.239. The lowest BCUT2D eigenvalue weighted by atomic mass is 9.97. The number of amides is 1. The van der Waals surface area contributed by atoms with Crippen molar-refractivity contribution in [3.8, 4) is 0 Å². The molecule has 19 heavy (non-hydrogen) atoms. The fourth-order valence-corrected chi connectivity index (χ4v) is 3.09. The van der Waals surface area contributed by atoms with Gasteiger partial charge in [-0.15, -0.1) is 0 Å². The smallest absolute Gasteiger partial charge is 0.231 e. The number of fused-ring (bicyclic) bond motifs is 1. The number of nitrogens with zero attached hydrogens (tertiary/aromatic N) is 1. The first-order chi connectivity index (χ1) is 9.28. The minimum atomic E-state index is 0.239. The topological polar surface area (TPSA) is 58.4 Å². The van der Waals surface area contributed by atoms with Crippen LogP contribution >= 0.6 is 0 Å². The molecule has 0 spiro atoms. The van der Waals surface area contributed by atoms with Gasteiger partial charge in [0.05, 0.1) is 6.42 Å². The third-order valence-corrected chi connectivity index (χ3v) is 4.21. The molecule has 1 aromatic rings. The lowest BCUT2D eigenvalue weighted by Crippen LogP contribution is -2.37.